The molecule has 18 heavy (non-hydrogen) atoms. The first-order valence-corrected chi connectivity index (χ1v) is 5.49. The molecule has 0 atom stereocenters. The molecule has 2 nitrogen and oxygen atoms in total. The van der Waals surface area contributed by atoms with E-state index in [1.54, 1.807) is 0 Å². The Kier molecular flexibility index (Phi) is 4.56. The third kappa shape index (κ3) is 3.13. The molecule has 0 aliphatic rings. The van der Waals surface area contributed by atoms with Gasteiger partial charge >= 0.3 is 6.18 Å². The molecule has 100 valence electrons. The minimum atomic E-state index is -4.83. The molecular formula is C11H10ClF4NO. The zero-order valence-electron chi connectivity index (χ0n) is 9.39. The van der Waals surface area contributed by atoms with Gasteiger partial charge in [0, 0.05) is 19.5 Å². The van der Waals surface area contributed by atoms with Gasteiger partial charge in [-0.3, -0.25) is 4.79 Å². The molecule has 1 amide bonds. The Balaban J connectivity index is 3.15. The van der Waals surface area contributed by atoms with E-state index in [2.05, 4.69) is 0 Å². The molecule has 0 bridgehead atoms. The lowest BCUT2D eigenvalue weighted by molar-refractivity contribution is -0.140. The van der Waals surface area contributed by atoms with Gasteiger partial charge in [0.15, 0.2) is 0 Å². The minimum absolute atomic E-state index is 0.114. The average molecular weight is 284 g/mol. The predicted octanol–water partition coefficient (Wildman–Crippen LogP) is 3.16. The van der Waals surface area contributed by atoms with Gasteiger partial charge in [-0.1, -0.05) is 6.07 Å². The van der Waals surface area contributed by atoms with Crippen molar-refractivity contribution in [1.82, 2.24) is 4.90 Å². The number of benzene rings is 1. The highest BCUT2D eigenvalue weighted by molar-refractivity contribution is 6.18. The Labute approximate surface area is 106 Å². The number of amides is 1. The van der Waals surface area contributed by atoms with Gasteiger partial charge < -0.3 is 4.90 Å². The van der Waals surface area contributed by atoms with Crippen LogP contribution in [0.1, 0.15) is 15.9 Å². The zero-order valence-corrected chi connectivity index (χ0v) is 10.1. The van der Waals surface area contributed by atoms with Gasteiger partial charge in [-0.05, 0) is 12.1 Å². The van der Waals surface area contributed by atoms with E-state index in [1.165, 1.54) is 7.05 Å². The van der Waals surface area contributed by atoms with Crippen LogP contribution in [0.3, 0.4) is 0 Å². The van der Waals surface area contributed by atoms with Gasteiger partial charge in [0.05, 0.1) is 11.1 Å². The number of alkyl halides is 4. The van der Waals surface area contributed by atoms with Crippen molar-refractivity contribution in [3.8, 4) is 0 Å². The first-order valence-electron chi connectivity index (χ1n) is 4.96. The Bertz CT molecular complexity index is 447. The smallest absolute Gasteiger partial charge is 0.340 e. The first kappa shape index (κ1) is 14.8. The van der Waals surface area contributed by atoms with Crippen molar-refractivity contribution in [3.05, 3.63) is 35.1 Å². The summed E-state index contributed by atoms with van der Waals surface area (Å²) in [7, 11) is 1.34. The van der Waals surface area contributed by atoms with E-state index in [1.807, 2.05) is 0 Å². The third-order valence-corrected chi connectivity index (χ3v) is 2.47. The summed E-state index contributed by atoms with van der Waals surface area (Å²) in [6.07, 6.45) is -4.83. The van der Waals surface area contributed by atoms with Crippen molar-refractivity contribution in [1.29, 1.82) is 0 Å². The number of hydrogen-bond donors (Lipinski definition) is 0. The fourth-order valence-electron chi connectivity index (χ4n) is 1.35. The van der Waals surface area contributed by atoms with Crippen molar-refractivity contribution < 1.29 is 22.4 Å². The summed E-state index contributed by atoms with van der Waals surface area (Å²) in [4.78, 5) is 12.8. The highest BCUT2D eigenvalue weighted by atomic mass is 35.5. The van der Waals surface area contributed by atoms with E-state index in [0.29, 0.717) is 6.07 Å². The standard InChI is InChI=1S/C11H10ClF4NO/c1-17(6-5-12)10(18)7-3-2-4-8(9(7)13)11(14,15)16/h2-4H,5-6H2,1H3. The van der Waals surface area contributed by atoms with Crippen LogP contribution < -0.4 is 0 Å². The largest absolute Gasteiger partial charge is 0.419 e. The van der Waals surface area contributed by atoms with Crippen LogP contribution in [-0.4, -0.2) is 30.3 Å². The lowest BCUT2D eigenvalue weighted by Gasteiger charge is -2.17. The molecule has 0 spiro atoms. The highest BCUT2D eigenvalue weighted by Crippen LogP contribution is 2.32. The van der Waals surface area contributed by atoms with E-state index in [0.717, 1.165) is 17.0 Å². The number of nitrogens with zero attached hydrogens (tertiary/aromatic N) is 1. The minimum Gasteiger partial charge on any atom is -0.340 e. The number of rotatable bonds is 3. The number of carbonyl (C=O) groups is 1. The van der Waals surface area contributed by atoms with Crippen LogP contribution >= 0.6 is 11.6 Å². The van der Waals surface area contributed by atoms with Crippen LogP contribution in [-0.2, 0) is 6.18 Å². The number of halogens is 5. The summed E-state index contributed by atoms with van der Waals surface area (Å²) >= 11 is 5.40. The molecule has 1 rings (SSSR count). The number of hydrogen-bond acceptors (Lipinski definition) is 1. The van der Waals surface area contributed by atoms with Gasteiger partial charge in [-0.2, -0.15) is 13.2 Å². The molecule has 0 radical (unpaired) electrons. The van der Waals surface area contributed by atoms with E-state index >= 15 is 0 Å². The molecule has 0 aromatic heterocycles. The third-order valence-electron chi connectivity index (χ3n) is 2.30. The van der Waals surface area contributed by atoms with E-state index in [-0.39, 0.29) is 12.4 Å². The fourth-order valence-corrected chi connectivity index (χ4v) is 1.60. The Morgan fingerprint density at radius 1 is 1.39 bits per heavy atom. The quantitative estimate of drug-likeness (QED) is 0.616. The van der Waals surface area contributed by atoms with Gasteiger partial charge in [0.2, 0.25) is 0 Å². The second kappa shape index (κ2) is 5.56. The molecular weight excluding hydrogens is 274 g/mol. The molecule has 0 unspecified atom stereocenters. The van der Waals surface area contributed by atoms with Gasteiger partial charge in [-0.15, -0.1) is 11.6 Å². The predicted molar refractivity (Wildman–Crippen MR) is 59.1 cm³/mol. The molecule has 0 saturated heterocycles. The van der Waals surface area contributed by atoms with Crippen LogP contribution in [0, 0.1) is 5.82 Å². The van der Waals surface area contributed by atoms with Crippen LogP contribution in [0.25, 0.3) is 0 Å². The number of carbonyl (C=O) groups excluding carboxylic acids is 1. The van der Waals surface area contributed by atoms with Crippen molar-refractivity contribution in [2.75, 3.05) is 19.5 Å². The van der Waals surface area contributed by atoms with Crippen molar-refractivity contribution in [3.63, 3.8) is 0 Å². The maximum absolute atomic E-state index is 13.6. The van der Waals surface area contributed by atoms with E-state index in [9.17, 15) is 22.4 Å². The summed E-state index contributed by atoms with van der Waals surface area (Å²) in [5.41, 5.74) is -2.06. The highest BCUT2D eigenvalue weighted by Gasteiger charge is 2.35. The maximum Gasteiger partial charge on any atom is 0.419 e. The molecule has 0 aliphatic heterocycles. The van der Waals surface area contributed by atoms with Crippen LogP contribution in [0.2, 0.25) is 0 Å². The second-order valence-corrected chi connectivity index (χ2v) is 3.96. The normalized spacial score (nSPS) is 11.4. The second-order valence-electron chi connectivity index (χ2n) is 3.58. The summed E-state index contributed by atoms with van der Waals surface area (Å²) in [6, 6.07) is 2.60. The topological polar surface area (TPSA) is 20.3 Å². The van der Waals surface area contributed by atoms with Gasteiger partial charge in [0.1, 0.15) is 5.82 Å². The first-order chi connectivity index (χ1) is 8.29. The van der Waals surface area contributed by atoms with Gasteiger partial charge in [0.25, 0.3) is 5.91 Å². The molecule has 0 saturated carbocycles. The average Bonchev–Trinajstić information content (AvgIpc) is 2.27. The molecule has 0 aliphatic carbocycles. The van der Waals surface area contributed by atoms with Crippen LogP contribution in [0.5, 0.6) is 0 Å². The zero-order chi connectivity index (χ0) is 13.9. The fraction of sp³-hybridized carbons (Fsp3) is 0.364. The van der Waals surface area contributed by atoms with E-state index in [4.69, 9.17) is 11.6 Å². The SMILES string of the molecule is CN(CCCl)C(=O)c1cccc(C(F)(F)F)c1F. The molecule has 0 heterocycles. The molecule has 1 aromatic rings. The lowest BCUT2D eigenvalue weighted by atomic mass is 10.1. The Morgan fingerprint density at radius 2 is 2.00 bits per heavy atom. The van der Waals surface area contributed by atoms with Crippen molar-refractivity contribution in [2.24, 2.45) is 0 Å². The van der Waals surface area contributed by atoms with Crippen LogP contribution in [0.4, 0.5) is 17.6 Å². The van der Waals surface area contributed by atoms with Crippen molar-refractivity contribution in [2.45, 2.75) is 6.18 Å². The van der Waals surface area contributed by atoms with Crippen molar-refractivity contribution >= 4 is 17.5 Å². The molecule has 0 fully saturated rings. The van der Waals surface area contributed by atoms with Gasteiger partial charge in [-0.25, -0.2) is 4.39 Å². The monoisotopic (exact) mass is 283 g/mol. The molecule has 0 N–H and O–H groups in total. The van der Waals surface area contributed by atoms with E-state index < -0.39 is 29.0 Å². The molecule has 7 heteroatoms. The summed E-state index contributed by atoms with van der Waals surface area (Å²) in [5, 5.41) is 0. The summed E-state index contributed by atoms with van der Waals surface area (Å²) in [6.45, 7) is 0.121. The lowest BCUT2D eigenvalue weighted by Crippen LogP contribution is -2.29. The van der Waals surface area contributed by atoms with Crippen LogP contribution in [0.15, 0.2) is 18.2 Å². The molecule has 1 aromatic carbocycles. The summed E-state index contributed by atoms with van der Waals surface area (Å²) in [5.74, 6) is -2.28. The summed E-state index contributed by atoms with van der Waals surface area (Å²) < 4.78 is 51.0. The maximum atomic E-state index is 13.6. The Morgan fingerprint density at radius 3 is 2.50 bits per heavy atom. The Hall–Kier alpha value is -1.30.